The molecule has 0 aliphatic rings. The third-order valence-corrected chi connectivity index (χ3v) is 3.74. The van der Waals surface area contributed by atoms with Crippen molar-refractivity contribution < 1.29 is 4.74 Å². The van der Waals surface area contributed by atoms with E-state index < -0.39 is 0 Å². The van der Waals surface area contributed by atoms with Gasteiger partial charge in [-0.2, -0.15) is 0 Å². The zero-order valence-electron chi connectivity index (χ0n) is 15.6. The molecule has 0 saturated carbocycles. The standard InChI is InChI=1S/C19H33N3O.HI/c1-5-20-18(21-14-10-11-15-23-6-2)22-16-19(3,4)17-12-8-7-9-13-17;/h7-9,12-13H,5-6,10-11,14-16H2,1-4H3,(H2,20,21,22);1H. The summed E-state index contributed by atoms with van der Waals surface area (Å²) in [4.78, 5) is 4.76. The molecule has 0 aromatic heterocycles. The van der Waals surface area contributed by atoms with Gasteiger partial charge in [0.25, 0.3) is 0 Å². The van der Waals surface area contributed by atoms with E-state index >= 15 is 0 Å². The zero-order valence-corrected chi connectivity index (χ0v) is 17.9. The molecular weight excluding hydrogens is 413 g/mol. The van der Waals surface area contributed by atoms with E-state index in [2.05, 4.69) is 61.7 Å². The average Bonchev–Trinajstić information content (AvgIpc) is 2.56. The number of nitrogens with zero attached hydrogens (tertiary/aromatic N) is 1. The maximum absolute atomic E-state index is 5.36. The first kappa shape index (κ1) is 23.2. The molecule has 0 radical (unpaired) electrons. The maximum atomic E-state index is 5.36. The summed E-state index contributed by atoms with van der Waals surface area (Å²) in [6.07, 6.45) is 2.17. The first-order valence-electron chi connectivity index (χ1n) is 8.75. The van der Waals surface area contributed by atoms with Gasteiger partial charge in [0.05, 0.1) is 6.54 Å². The first-order chi connectivity index (χ1) is 11.1. The number of hydrogen-bond acceptors (Lipinski definition) is 2. The normalized spacial score (nSPS) is 11.8. The zero-order chi connectivity index (χ0) is 17.0. The molecule has 0 bridgehead atoms. The second-order valence-corrected chi connectivity index (χ2v) is 6.28. The SMILES string of the molecule is CCNC(=NCC(C)(C)c1ccccc1)NCCCCOCC.I. The minimum atomic E-state index is 0. The molecular formula is C19H34IN3O. The lowest BCUT2D eigenvalue weighted by molar-refractivity contribution is 0.143. The molecule has 1 rings (SSSR count). The predicted molar refractivity (Wildman–Crippen MR) is 115 cm³/mol. The lowest BCUT2D eigenvalue weighted by Gasteiger charge is -2.24. The quantitative estimate of drug-likeness (QED) is 0.247. The van der Waals surface area contributed by atoms with Crippen molar-refractivity contribution in [2.45, 2.75) is 46.0 Å². The highest BCUT2D eigenvalue weighted by molar-refractivity contribution is 14.0. The molecule has 0 fully saturated rings. The smallest absolute Gasteiger partial charge is 0.191 e. The predicted octanol–water partition coefficient (Wildman–Crippen LogP) is 3.95. The van der Waals surface area contributed by atoms with E-state index in [-0.39, 0.29) is 29.4 Å². The summed E-state index contributed by atoms with van der Waals surface area (Å²) < 4.78 is 5.36. The van der Waals surface area contributed by atoms with Crippen LogP contribution in [-0.4, -0.2) is 38.8 Å². The summed E-state index contributed by atoms with van der Waals surface area (Å²) in [6, 6.07) is 10.6. The number of ether oxygens (including phenoxy) is 1. The van der Waals surface area contributed by atoms with Gasteiger partial charge in [0.15, 0.2) is 5.96 Å². The third-order valence-electron chi connectivity index (χ3n) is 3.74. The number of rotatable bonds is 10. The Labute approximate surface area is 164 Å². The Balaban J connectivity index is 0.00000529. The molecule has 0 unspecified atom stereocenters. The highest BCUT2D eigenvalue weighted by Crippen LogP contribution is 2.22. The van der Waals surface area contributed by atoms with Crippen LogP contribution in [0.2, 0.25) is 0 Å². The minimum absolute atomic E-state index is 0. The number of halogens is 1. The fraction of sp³-hybridized carbons (Fsp3) is 0.632. The molecule has 1 aromatic carbocycles. The highest BCUT2D eigenvalue weighted by Gasteiger charge is 2.19. The fourth-order valence-corrected chi connectivity index (χ4v) is 2.28. The number of aliphatic imine (C=N–C) groups is 1. The topological polar surface area (TPSA) is 45.7 Å². The number of guanidine groups is 1. The van der Waals surface area contributed by atoms with Crippen LogP contribution in [0.15, 0.2) is 35.3 Å². The first-order valence-corrected chi connectivity index (χ1v) is 8.75. The van der Waals surface area contributed by atoms with Crippen molar-refractivity contribution in [1.82, 2.24) is 10.6 Å². The van der Waals surface area contributed by atoms with Gasteiger partial charge < -0.3 is 15.4 Å². The monoisotopic (exact) mass is 447 g/mol. The summed E-state index contributed by atoms with van der Waals surface area (Å²) in [6.45, 7) is 12.8. The van der Waals surface area contributed by atoms with E-state index in [1.807, 2.05) is 6.92 Å². The van der Waals surface area contributed by atoms with Gasteiger partial charge in [-0.25, -0.2) is 0 Å². The van der Waals surface area contributed by atoms with Gasteiger partial charge in [0, 0.05) is 31.7 Å². The van der Waals surface area contributed by atoms with E-state index in [1.165, 1.54) is 5.56 Å². The largest absolute Gasteiger partial charge is 0.382 e. The summed E-state index contributed by atoms with van der Waals surface area (Å²) in [5, 5.41) is 6.72. The summed E-state index contributed by atoms with van der Waals surface area (Å²) >= 11 is 0. The molecule has 0 atom stereocenters. The molecule has 0 aliphatic heterocycles. The fourth-order valence-electron chi connectivity index (χ4n) is 2.28. The molecule has 0 aliphatic carbocycles. The molecule has 4 nitrogen and oxygen atoms in total. The molecule has 24 heavy (non-hydrogen) atoms. The van der Waals surface area contributed by atoms with Gasteiger partial charge in [-0.3, -0.25) is 4.99 Å². The maximum Gasteiger partial charge on any atom is 0.191 e. The second-order valence-electron chi connectivity index (χ2n) is 6.28. The molecule has 0 spiro atoms. The molecule has 1 aromatic rings. The average molecular weight is 447 g/mol. The van der Waals surface area contributed by atoms with Crippen LogP contribution in [0, 0.1) is 0 Å². The van der Waals surface area contributed by atoms with Gasteiger partial charge in [-0.15, -0.1) is 24.0 Å². The van der Waals surface area contributed by atoms with Crippen LogP contribution >= 0.6 is 24.0 Å². The lowest BCUT2D eigenvalue weighted by Crippen LogP contribution is -2.39. The van der Waals surface area contributed by atoms with Crippen molar-refractivity contribution in [1.29, 1.82) is 0 Å². The Morgan fingerprint density at radius 1 is 1.08 bits per heavy atom. The van der Waals surface area contributed by atoms with Crippen molar-refractivity contribution >= 4 is 29.9 Å². The molecule has 0 saturated heterocycles. The Morgan fingerprint density at radius 2 is 1.79 bits per heavy atom. The second kappa shape index (κ2) is 13.5. The van der Waals surface area contributed by atoms with Gasteiger partial charge in [-0.1, -0.05) is 44.2 Å². The van der Waals surface area contributed by atoms with E-state index in [1.54, 1.807) is 0 Å². The van der Waals surface area contributed by atoms with Gasteiger partial charge in [0.1, 0.15) is 0 Å². The minimum Gasteiger partial charge on any atom is -0.382 e. The number of nitrogens with one attached hydrogen (secondary N) is 2. The van der Waals surface area contributed by atoms with Crippen LogP contribution in [0.25, 0.3) is 0 Å². The third kappa shape index (κ3) is 9.47. The Bertz CT molecular complexity index is 449. The van der Waals surface area contributed by atoms with Gasteiger partial charge in [0.2, 0.25) is 0 Å². The van der Waals surface area contributed by atoms with Crippen molar-refractivity contribution in [2.24, 2.45) is 4.99 Å². The van der Waals surface area contributed by atoms with Crippen molar-refractivity contribution in [3.63, 3.8) is 0 Å². The Hall–Kier alpha value is -0.820. The molecule has 0 heterocycles. The molecule has 0 amide bonds. The van der Waals surface area contributed by atoms with Crippen LogP contribution in [0.5, 0.6) is 0 Å². The summed E-state index contributed by atoms with van der Waals surface area (Å²) in [5.41, 5.74) is 1.34. The van der Waals surface area contributed by atoms with Gasteiger partial charge in [-0.05, 0) is 32.3 Å². The Kier molecular flexibility index (Phi) is 13.0. The van der Waals surface area contributed by atoms with Crippen LogP contribution in [0.4, 0.5) is 0 Å². The van der Waals surface area contributed by atoms with Gasteiger partial charge >= 0.3 is 0 Å². The van der Waals surface area contributed by atoms with E-state index in [0.717, 1.165) is 51.6 Å². The van der Waals surface area contributed by atoms with Crippen LogP contribution in [0.1, 0.15) is 46.1 Å². The van der Waals surface area contributed by atoms with E-state index in [9.17, 15) is 0 Å². The van der Waals surface area contributed by atoms with Crippen molar-refractivity contribution in [3.05, 3.63) is 35.9 Å². The molecule has 5 heteroatoms. The van der Waals surface area contributed by atoms with Crippen LogP contribution in [0.3, 0.4) is 0 Å². The number of unbranched alkanes of at least 4 members (excludes halogenated alkanes) is 1. The lowest BCUT2D eigenvalue weighted by atomic mass is 9.85. The van der Waals surface area contributed by atoms with Crippen LogP contribution < -0.4 is 10.6 Å². The van der Waals surface area contributed by atoms with Crippen molar-refractivity contribution in [2.75, 3.05) is 32.8 Å². The highest BCUT2D eigenvalue weighted by atomic mass is 127. The summed E-state index contributed by atoms with van der Waals surface area (Å²) in [7, 11) is 0. The van der Waals surface area contributed by atoms with E-state index in [4.69, 9.17) is 9.73 Å². The summed E-state index contributed by atoms with van der Waals surface area (Å²) in [5.74, 6) is 0.896. The van der Waals surface area contributed by atoms with Crippen LogP contribution in [-0.2, 0) is 10.2 Å². The Morgan fingerprint density at radius 3 is 2.42 bits per heavy atom. The van der Waals surface area contributed by atoms with Crippen molar-refractivity contribution in [3.8, 4) is 0 Å². The van der Waals surface area contributed by atoms with E-state index in [0.29, 0.717) is 0 Å². The molecule has 2 N–H and O–H groups in total. The number of hydrogen-bond donors (Lipinski definition) is 2. The molecule has 138 valence electrons. The number of benzene rings is 1.